The number of nitrogens with two attached hydrogens (primary N) is 1. The molecule has 0 bridgehead atoms. The zero-order chi connectivity index (χ0) is 17.7. The molecule has 130 valence electrons. The molecule has 1 aromatic rings. The van der Waals surface area contributed by atoms with Gasteiger partial charge in [-0.3, -0.25) is 9.79 Å². The summed E-state index contributed by atoms with van der Waals surface area (Å²) in [5.41, 5.74) is 5.97. The van der Waals surface area contributed by atoms with Crippen LogP contribution in [-0.2, 0) is 4.79 Å². The first-order chi connectivity index (χ1) is 11.5. The predicted molar refractivity (Wildman–Crippen MR) is 92.5 cm³/mol. The summed E-state index contributed by atoms with van der Waals surface area (Å²) in [5.74, 6) is 0.323. The van der Waals surface area contributed by atoms with E-state index in [-0.39, 0.29) is 5.57 Å². The number of amides is 1. The highest BCUT2D eigenvalue weighted by Crippen LogP contribution is 2.46. The molecule has 2 rings (SSSR count). The Morgan fingerprint density at radius 3 is 2.62 bits per heavy atom. The van der Waals surface area contributed by atoms with Gasteiger partial charge >= 0.3 is 0 Å². The molecule has 1 unspecified atom stereocenters. The van der Waals surface area contributed by atoms with Crippen LogP contribution in [0, 0.1) is 5.92 Å². The number of aliphatic imine (C=N–C) groups is 1. The number of alkyl halides is 2. The standard InChI is InChI=1S/C18H23F2N3O/c1-3-12(11-8-9-11)13-6-4-5-7-15(13)23-18(24)14(10-22-2)16(21)17(19)20/h4-7,10-12,17H,3,8-9,21H2,1-2H3,(H,23,24). The quantitative estimate of drug-likeness (QED) is 0.589. The molecular formula is C18H23F2N3O. The number of hydrogen-bond acceptors (Lipinski definition) is 3. The molecule has 0 saturated heterocycles. The van der Waals surface area contributed by atoms with Gasteiger partial charge in [0, 0.05) is 18.9 Å². The summed E-state index contributed by atoms with van der Waals surface area (Å²) >= 11 is 0. The van der Waals surface area contributed by atoms with E-state index in [1.807, 2.05) is 18.2 Å². The van der Waals surface area contributed by atoms with Gasteiger partial charge in [0.1, 0.15) is 0 Å². The third kappa shape index (κ3) is 4.19. The Kier molecular flexibility index (Phi) is 6.06. The number of para-hydroxylation sites is 1. The number of benzene rings is 1. The number of halogens is 2. The number of carbonyl (C=O) groups is 1. The summed E-state index contributed by atoms with van der Waals surface area (Å²) in [4.78, 5) is 16.1. The van der Waals surface area contributed by atoms with Crippen LogP contribution in [-0.4, -0.2) is 25.6 Å². The monoisotopic (exact) mass is 335 g/mol. The van der Waals surface area contributed by atoms with E-state index < -0.39 is 18.0 Å². The average molecular weight is 335 g/mol. The summed E-state index contributed by atoms with van der Waals surface area (Å²) in [5, 5.41) is 2.73. The SMILES string of the molecule is CCC(c1ccccc1NC(=O)C(C=NC)=C(N)C(F)F)C1CC1. The third-order valence-corrected chi connectivity index (χ3v) is 4.29. The van der Waals surface area contributed by atoms with Gasteiger partial charge in [-0.15, -0.1) is 0 Å². The van der Waals surface area contributed by atoms with Crippen LogP contribution < -0.4 is 11.1 Å². The van der Waals surface area contributed by atoms with Gasteiger partial charge in [-0.25, -0.2) is 8.78 Å². The second kappa shape index (κ2) is 8.04. The van der Waals surface area contributed by atoms with Crippen LogP contribution in [0.15, 0.2) is 40.5 Å². The fourth-order valence-electron chi connectivity index (χ4n) is 2.94. The number of carbonyl (C=O) groups excluding carboxylic acids is 1. The van der Waals surface area contributed by atoms with Crippen LogP contribution in [0.5, 0.6) is 0 Å². The number of allylic oxidation sites excluding steroid dienone is 1. The summed E-state index contributed by atoms with van der Waals surface area (Å²) in [6.45, 7) is 2.12. The van der Waals surface area contributed by atoms with Crippen molar-refractivity contribution in [2.45, 2.75) is 38.5 Å². The Morgan fingerprint density at radius 1 is 1.42 bits per heavy atom. The van der Waals surface area contributed by atoms with Crippen molar-refractivity contribution in [1.29, 1.82) is 0 Å². The van der Waals surface area contributed by atoms with Gasteiger partial charge in [-0.05, 0) is 42.7 Å². The lowest BCUT2D eigenvalue weighted by Crippen LogP contribution is -2.23. The van der Waals surface area contributed by atoms with Crippen LogP contribution in [0.4, 0.5) is 14.5 Å². The molecule has 1 fully saturated rings. The zero-order valence-corrected chi connectivity index (χ0v) is 13.9. The average Bonchev–Trinajstić information content (AvgIpc) is 3.39. The maximum absolute atomic E-state index is 12.9. The van der Waals surface area contributed by atoms with Crippen LogP contribution in [0.3, 0.4) is 0 Å². The van der Waals surface area contributed by atoms with Crippen molar-refractivity contribution in [3.05, 3.63) is 41.1 Å². The summed E-state index contributed by atoms with van der Waals surface area (Å²) in [7, 11) is 1.40. The first kappa shape index (κ1) is 18.1. The second-order valence-electron chi connectivity index (χ2n) is 5.95. The zero-order valence-electron chi connectivity index (χ0n) is 13.9. The van der Waals surface area contributed by atoms with Gasteiger partial charge in [-0.1, -0.05) is 25.1 Å². The maximum atomic E-state index is 12.9. The lowest BCUT2D eigenvalue weighted by atomic mass is 9.90. The predicted octanol–water partition coefficient (Wildman–Crippen LogP) is 3.71. The Labute approximate surface area is 140 Å². The molecule has 0 aromatic heterocycles. The molecule has 1 aromatic carbocycles. The molecule has 0 heterocycles. The van der Waals surface area contributed by atoms with Crippen molar-refractivity contribution in [3.63, 3.8) is 0 Å². The smallest absolute Gasteiger partial charge is 0.278 e. The molecule has 0 radical (unpaired) electrons. The molecule has 1 amide bonds. The van der Waals surface area contributed by atoms with E-state index in [9.17, 15) is 13.6 Å². The van der Waals surface area contributed by atoms with Gasteiger partial charge in [0.25, 0.3) is 12.3 Å². The lowest BCUT2D eigenvalue weighted by molar-refractivity contribution is -0.112. The topological polar surface area (TPSA) is 67.5 Å². The highest BCUT2D eigenvalue weighted by Gasteiger charge is 2.32. The van der Waals surface area contributed by atoms with Crippen LogP contribution in [0.2, 0.25) is 0 Å². The lowest BCUT2D eigenvalue weighted by Gasteiger charge is -2.19. The van der Waals surface area contributed by atoms with Gasteiger partial charge in [0.05, 0.1) is 11.3 Å². The number of nitrogens with one attached hydrogen (secondary N) is 1. The van der Waals surface area contributed by atoms with Crippen LogP contribution >= 0.6 is 0 Å². The van der Waals surface area contributed by atoms with Crippen molar-refractivity contribution < 1.29 is 13.6 Å². The Balaban J connectivity index is 2.30. The Morgan fingerprint density at radius 2 is 2.08 bits per heavy atom. The van der Waals surface area contributed by atoms with E-state index in [2.05, 4.69) is 17.2 Å². The van der Waals surface area contributed by atoms with Crippen molar-refractivity contribution in [1.82, 2.24) is 0 Å². The van der Waals surface area contributed by atoms with Gasteiger partial charge in [-0.2, -0.15) is 0 Å². The van der Waals surface area contributed by atoms with Crippen molar-refractivity contribution in [3.8, 4) is 0 Å². The van der Waals surface area contributed by atoms with Crippen molar-refractivity contribution in [2.75, 3.05) is 12.4 Å². The Hall–Kier alpha value is -2.24. The van der Waals surface area contributed by atoms with Crippen LogP contribution in [0.25, 0.3) is 0 Å². The number of rotatable bonds is 7. The fourth-order valence-corrected chi connectivity index (χ4v) is 2.94. The highest BCUT2D eigenvalue weighted by molar-refractivity contribution is 6.18. The first-order valence-corrected chi connectivity index (χ1v) is 8.09. The van der Waals surface area contributed by atoms with E-state index in [0.29, 0.717) is 17.5 Å². The van der Waals surface area contributed by atoms with Gasteiger partial charge in [0.2, 0.25) is 0 Å². The van der Waals surface area contributed by atoms with E-state index in [1.54, 1.807) is 6.07 Å². The Bertz CT molecular complexity index is 651. The fraction of sp³-hybridized carbons (Fsp3) is 0.444. The molecule has 0 aliphatic heterocycles. The molecule has 0 spiro atoms. The molecule has 1 saturated carbocycles. The minimum Gasteiger partial charge on any atom is -0.397 e. The molecular weight excluding hydrogens is 312 g/mol. The molecule has 1 aliphatic rings. The molecule has 3 N–H and O–H groups in total. The molecule has 24 heavy (non-hydrogen) atoms. The number of hydrogen-bond donors (Lipinski definition) is 2. The second-order valence-corrected chi connectivity index (χ2v) is 5.95. The van der Waals surface area contributed by atoms with E-state index >= 15 is 0 Å². The first-order valence-electron chi connectivity index (χ1n) is 8.09. The molecule has 1 aliphatic carbocycles. The van der Waals surface area contributed by atoms with Gasteiger partial charge < -0.3 is 11.1 Å². The van der Waals surface area contributed by atoms with Gasteiger partial charge in [0.15, 0.2) is 0 Å². The van der Waals surface area contributed by atoms with E-state index in [1.165, 1.54) is 19.9 Å². The summed E-state index contributed by atoms with van der Waals surface area (Å²) < 4.78 is 25.7. The van der Waals surface area contributed by atoms with Crippen molar-refractivity contribution in [2.24, 2.45) is 16.6 Å². The molecule has 4 nitrogen and oxygen atoms in total. The number of nitrogens with zero attached hydrogens (tertiary/aromatic N) is 1. The highest BCUT2D eigenvalue weighted by atomic mass is 19.3. The normalized spacial score (nSPS) is 17.0. The van der Waals surface area contributed by atoms with Crippen molar-refractivity contribution >= 4 is 17.8 Å². The minimum atomic E-state index is -2.91. The largest absolute Gasteiger partial charge is 0.397 e. The van der Waals surface area contributed by atoms with Crippen LogP contribution in [0.1, 0.15) is 37.7 Å². The van der Waals surface area contributed by atoms with E-state index in [0.717, 1.165) is 18.2 Å². The summed E-state index contributed by atoms with van der Waals surface area (Å²) in [6.07, 6.45) is 1.50. The maximum Gasteiger partial charge on any atom is 0.278 e. The summed E-state index contributed by atoms with van der Waals surface area (Å²) in [6, 6.07) is 7.51. The van der Waals surface area contributed by atoms with E-state index in [4.69, 9.17) is 5.73 Å². The third-order valence-electron chi connectivity index (χ3n) is 4.29. The molecule has 6 heteroatoms. The number of anilines is 1. The minimum absolute atomic E-state index is 0.304. The molecule has 1 atom stereocenters.